The zero-order valence-corrected chi connectivity index (χ0v) is 16.6. The molecule has 0 spiro atoms. The van der Waals surface area contributed by atoms with E-state index < -0.39 is 0 Å². The average molecular weight is 372 g/mol. The first-order chi connectivity index (χ1) is 12.8. The molecular formula is C19H37N3O4. The monoisotopic (exact) mass is 371 g/mol. The number of nitrogens with one attached hydrogen (secondary N) is 2. The van der Waals surface area contributed by atoms with E-state index in [-0.39, 0.29) is 5.60 Å². The van der Waals surface area contributed by atoms with Crippen LogP contribution in [0.15, 0.2) is 4.99 Å². The first-order valence-electron chi connectivity index (χ1n) is 10.1. The third-order valence-electron chi connectivity index (χ3n) is 5.16. The van der Waals surface area contributed by atoms with Gasteiger partial charge in [0.05, 0.1) is 12.1 Å². The van der Waals surface area contributed by atoms with Crippen molar-refractivity contribution >= 4 is 5.96 Å². The van der Waals surface area contributed by atoms with Gasteiger partial charge in [-0.1, -0.05) is 0 Å². The van der Waals surface area contributed by atoms with Gasteiger partial charge >= 0.3 is 0 Å². The highest BCUT2D eigenvalue weighted by molar-refractivity contribution is 5.79. The van der Waals surface area contributed by atoms with Crippen molar-refractivity contribution in [2.24, 2.45) is 10.9 Å². The Hall–Kier alpha value is -0.890. The summed E-state index contributed by atoms with van der Waals surface area (Å²) < 4.78 is 22.4. The van der Waals surface area contributed by atoms with Crippen LogP contribution in [0.4, 0.5) is 0 Å². The highest BCUT2D eigenvalue weighted by Gasteiger charge is 2.32. The molecule has 2 aliphatic rings. The Bertz CT molecular complexity index is 394. The van der Waals surface area contributed by atoms with Crippen molar-refractivity contribution in [2.45, 2.75) is 44.6 Å². The molecular weight excluding hydrogens is 334 g/mol. The van der Waals surface area contributed by atoms with Gasteiger partial charge in [0.15, 0.2) is 5.96 Å². The summed E-state index contributed by atoms with van der Waals surface area (Å²) in [6, 6.07) is 0. The highest BCUT2D eigenvalue weighted by Crippen LogP contribution is 2.24. The van der Waals surface area contributed by atoms with Crippen molar-refractivity contribution in [3.05, 3.63) is 0 Å². The highest BCUT2D eigenvalue weighted by atomic mass is 16.5. The predicted molar refractivity (Wildman–Crippen MR) is 103 cm³/mol. The SMILES string of the molecule is CCNC(=NCC1(OC)CCOCC1)NCCCOCC1CCOCC1. The third kappa shape index (κ3) is 7.78. The van der Waals surface area contributed by atoms with Crippen LogP contribution < -0.4 is 10.6 Å². The summed E-state index contributed by atoms with van der Waals surface area (Å²) in [4.78, 5) is 4.73. The fraction of sp³-hybridized carbons (Fsp3) is 0.947. The number of aliphatic imine (C=N–C) groups is 1. The summed E-state index contributed by atoms with van der Waals surface area (Å²) in [7, 11) is 1.77. The van der Waals surface area contributed by atoms with E-state index in [0.717, 1.165) is 90.8 Å². The van der Waals surface area contributed by atoms with Crippen molar-refractivity contribution in [1.29, 1.82) is 0 Å². The quantitative estimate of drug-likeness (QED) is 0.345. The normalized spacial score (nSPS) is 21.5. The van der Waals surface area contributed by atoms with E-state index in [0.29, 0.717) is 12.5 Å². The Balaban J connectivity index is 1.63. The topological polar surface area (TPSA) is 73.3 Å². The minimum atomic E-state index is -0.187. The molecule has 26 heavy (non-hydrogen) atoms. The third-order valence-corrected chi connectivity index (χ3v) is 5.16. The number of guanidine groups is 1. The number of ether oxygens (including phenoxy) is 4. The van der Waals surface area contributed by atoms with E-state index in [1.54, 1.807) is 7.11 Å². The van der Waals surface area contributed by atoms with Gasteiger partial charge in [-0.05, 0) is 32.1 Å². The molecule has 0 saturated carbocycles. The number of rotatable bonds is 10. The molecule has 2 aliphatic heterocycles. The van der Waals surface area contributed by atoms with E-state index in [4.69, 9.17) is 23.9 Å². The van der Waals surface area contributed by atoms with Crippen molar-refractivity contribution in [2.75, 3.05) is 66.4 Å². The summed E-state index contributed by atoms with van der Waals surface area (Å²) in [5.41, 5.74) is -0.187. The van der Waals surface area contributed by atoms with E-state index in [9.17, 15) is 0 Å². The average Bonchev–Trinajstić information content (AvgIpc) is 2.70. The van der Waals surface area contributed by atoms with Crippen LogP contribution in [0.1, 0.15) is 39.0 Å². The summed E-state index contributed by atoms with van der Waals surface area (Å²) in [6.45, 7) is 9.32. The van der Waals surface area contributed by atoms with E-state index in [1.807, 2.05) is 0 Å². The molecule has 0 unspecified atom stereocenters. The summed E-state index contributed by atoms with van der Waals surface area (Å²) in [6.07, 6.45) is 5.01. The molecule has 0 amide bonds. The van der Waals surface area contributed by atoms with E-state index in [2.05, 4.69) is 17.6 Å². The maximum Gasteiger partial charge on any atom is 0.191 e. The van der Waals surface area contributed by atoms with Gasteiger partial charge in [0.2, 0.25) is 0 Å². The lowest BCUT2D eigenvalue weighted by Crippen LogP contribution is -2.44. The molecule has 2 fully saturated rings. The Morgan fingerprint density at radius 2 is 1.85 bits per heavy atom. The summed E-state index contributed by atoms with van der Waals surface area (Å²) in [5.74, 6) is 1.51. The second kappa shape index (κ2) is 12.5. The molecule has 0 aromatic carbocycles. The lowest BCUT2D eigenvalue weighted by atomic mass is 9.94. The smallest absolute Gasteiger partial charge is 0.191 e. The zero-order chi connectivity index (χ0) is 18.5. The molecule has 2 saturated heterocycles. The maximum absolute atomic E-state index is 5.81. The van der Waals surface area contributed by atoms with Crippen LogP contribution in [0, 0.1) is 5.92 Å². The standard InChI is InChI=1S/C19H37N3O4/c1-3-20-18(22-16-19(23-2)7-13-25-14-8-19)21-9-4-10-26-15-17-5-11-24-12-6-17/h17H,3-16H2,1-2H3,(H2,20,21,22). The number of hydrogen-bond donors (Lipinski definition) is 2. The molecule has 7 nitrogen and oxygen atoms in total. The minimum Gasteiger partial charge on any atom is -0.381 e. The Labute approximate surface area is 158 Å². The lowest BCUT2D eigenvalue weighted by Gasteiger charge is -2.34. The van der Waals surface area contributed by atoms with Crippen LogP contribution in [0.5, 0.6) is 0 Å². The van der Waals surface area contributed by atoms with Crippen LogP contribution in [-0.2, 0) is 18.9 Å². The second-order valence-electron chi connectivity index (χ2n) is 7.11. The fourth-order valence-electron chi connectivity index (χ4n) is 3.28. The van der Waals surface area contributed by atoms with Gasteiger partial charge in [-0.15, -0.1) is 0 Å². The van der Waals surface area contributed by atoms with Crippen molar-refractivity contribution in [1.82, 2.24) is 10.6 Å². The van der Waals surface area contributed by atoms with Gasteiger partial charge in [0.25, 0.3) is 0 Å². The number of hydrogen-bond acceptors (Lipinski definition) is 5. The molecule has 0 atom stereocenters. The molecule has 2 heterocycles. The van der Waals surface area contributed by atoms with Crippen LogP contribution in [0.2, 0.25) is 0 Å². The maximum atomic E-state index is 5.81. The van der Waals surface area contributed by atoms with Gasteiger partial charge in [0, 0.05) is 72.7 Å². The Morgan fingerprint density at radius 3 is 2.54 bits per heavy atom. The molecule has 2 N–H and O–H groups in total. The van der Waals surface area contributed by atoms with Crippen LogP contribution >= 0.6 is 0 Å². The molecule has 0 bridgehead atoms. The van der Waals surface area contributed by atoms with Crippen molar-refractivity contribution in [3.63, 3.8) is 0 Å². The molecule has 0 aromatic rings. The minimum absolute atomic E-state index is 0.187. The van der Waals surface area contributed by atoms with Gasteiger partial charge < -0.3 is 29.6 Å². The first-order valence-corrected chi connectivity index (χ1v) is 10.1. The van der Waals surface area contributed by atoms with Gasteiger partial charge in [0.1, 0.15) is 0 Å². The van der Waals surface area contributed by atoms with Gasteiger partial charge in [-0.3, -0.25) is 4.99 Å². The van der Waals surface area contributed by atoms with Gasteiger partial charge in [-0.2, -0.15) is 0 Å². The number of methoxy groups -OCH3 is 1. The molecule has 7 heteroatoms. The van der Waals surface area contributed by atoms with Crippen LogP contribution in [0.25, 0.3) is 0 Å². The molecule has 0 radical (unpaired) electrons. The number of nitrogens with zero attached hydrogens (tertiary/aromatic N) is 1. The van der Waals surface area contributed by atoms with Crippen molar-refractivity contribution < 1.29 is 18.9 Å². The van der Waals surface area contributed by atoms with E-state index >= 15 is 0 Å². The summed E-state index contributed by atoms with van der Waals surface area (Å²) >= 11 is 0. The largest absolute Gasteiger partial charge is 0.381 e. The Kier molecular flexibility index (Phi) is 10.3. The Morgan fingerprint density at radius 1 is 1.12 bits per heavy atom. The molecule has 2 rings (SSSR count). The van der Waals surface area contributed by atoms with E-state index in [1.165, 1.54) is 0 Å². The second-order valence-corrected chi connectivity index (χ2v) is 7.11. The fourth-order valence-corrected chi connectivity index (χ4v) is 3.28. The summed E-state index contributed by atoms with van der Waals surface area (Å²) in [5, 5.41) is 6.70. The first kappa shape index (κ1) is 21.4. The molecule has 152 valence electrons. The molecule has 0 aromatic heterocycles. The van der Waals surface area contributed by atoms with Gasteiger partial charge in [-0.25, -0.2) is 0 Å². The molecule has 0 aliphatic carbocycles. The zero-order valence-electron chi connectivity index (χ0n) is 16.6. The predicted octanol–water partition coefficient (Wildman–Crippen LogP) is 1.57. The van der Waals surface area contributed by atoms with Crippen molar-refractivity contribution in [3.8, 4) is 0 Å². The lowest BCUT2D eigenvalue weighted by molar-refractivity contribution is -0.0828. The van der Waals surface area contributed by atoms with Crippen LogP contribution in [0.3, 0.4) is 0 Å². The van der Waals surface area contributed by atoms with Crippen LogP contribution in [-0.4, -0.2) is 77.9 Å².